The van der Waals surface area contributed by atoms with Crippen LogP contribution in [0.5, 0.6) is 5.75 Å². The highest BCUT2D eigenvalue weighted by atomic mass is 32.2. The van der Waals surface area contributed by atoms with Crippen LogP contribution in [0.3, 0.4) is 0 Å². The second kappa shape index (κ2) is 8.27. The van der Waals surface area contributed by atoms with Gasteiger partial charge in [0.1, 0.15) is 5.69 Å². The molecule has 0 radical (unpaired) electrons. The Morgan fingerprint density at radius 1 is 0.935 bits per heavy atom. The molecule has 2 aromatic rings. The van der Waals surface area contributed by atoms with Gasteiger partial charge in [-0.2, -0.15) is 14.1 Å². The Hall–Kier alpha value is -2.39. The summed E-state index contributed by atoms with van der Waals surface area (Å²) in [5.74, 6) is 0.323. The highest BCUT2D eigenvalue weighted by molar-refractivity contribution is 7.90. The van der Waals surface area contributed by atoms with Crippen molar-refractivity contribution in [2.24, 2.45) is 0 Å². The lowest BCUT2D eigenvalue weighted by atomic mass is 10.2. The van der Waals surface area contributed by atoms with Crippen LogP contribution in [0.1, 0.15) is 38.5 Å². The third-order valence-corrected chi connectivity index (χ3v) is 8.79. The first kappa shape index (κ1) is 20.5. The number of hydrogen-bond donors (Lipinski definition) is 0. The Kier molecular flexibility index (Phi) is 5.47. The molecule has 1 aliphatic heterocycles. The maximum atomic E-state index is 13.4. The second-order valence-electron chi connectivity index (χ2n) is 8.57. The van der Waals surface area contributed by atoms with E-state index in [4.69, 9.17) is 4.74 Å². The zero-order valence-corrected chi connectivity index (χ0v) is 18.3. The van der Waals surface area contributed by atoms with E-state index in [1.165, 1.54) is 4.68 Å². The van der Waals surface area contributed by atoms with E-state index in [1.54, 1.807) is 10.5 Å². The van der Waals surface area contributed by atoms with Gasteiger partial charge in [-0.05, 0) is 50.7 Å². The fourth-order valence-electron chi connectivity index (χ4n) is 4.45. The van der Waals surface area contributed by atoms with Crippen LogP contribution in [-0.2, 0) is 10.0 Å². The quantitative estimate of drug-likeness (QED) is 0.679. The van der Waals surface area contributed by atoms with Crippen molar-refractivity contribution in [3.63, 3.8) is 0 Å². The molecule has 3 aliphatic rings. The smallest absolute Gasteiger partial charge is 0.316 e. The molecule has 0 amide bonds. The fourth-order valence-corrected chi connectivity index (χ4v) is 6.28. The molecule has 0 N–H and O–H groups in total. The molecule has 0 unspecified atom stereocenters. The van der Waals surface area contributed by atoms with E-state index in [2.05, 4.69) is 5.10 Å². The lowest BCUT2D eigenvalue weighted by Gasteiger charge is -2.36. The van der Waals surface area contributed by atoms with Gasteiger partial charge in [0.05, 0.1) is 23.2 Å². The molecule has 2 aliphatic carbocycles. The normalized spacial score (nSPS) is 20.8. The summed E-state index contributed by atoms with van der Waals surface area (Å²) < 4.78 is 34.3. The van der Waals surface area contributed by atoms with Crippen LogP contribution in [0.4, 0.5) is 5.69 Å². The Labute approximate surface area is 182 Å². The Morgan fingerprint density at radius 3 is 2.26 bits per heavy atom. The van der Waals surface area contributed by atoms with Gasteiger partial charge >= 0.3 is 5.56 Å². The van der Waals surface area contributed by atoms with Crippen molar-refractivity contribution in [2.75, 3.05) is 31.1 Å². The third-order valence-electron chi connectivity index (χ3n) is 6.39. The summed E-state index contributed by atoms with van der Waals surface area (Å²) in [6, 6.07) is 9.32. The predicted octanol–water partition coefficient (Wildman–Crippen LogP) is 2.17. The Balaban J connectivity index is 1.43. The van der Waals surface area contributed by atoms with Gasteiger partial charge in [-0.1, -0.05) is 18.2 Å². The lowest BCUT2D eigenvalue weighted by Crippen LogP contribution is -2.50. The Morgan fingerprint density at radius 2 is 1.61 bits per heavy atom. The third kappa shape index (κ3) is 4.08. The summed E-state index contributed by atoms with van der Waals surface area (Å²) >= 11 is 0. The standard InChI is InChI=1S/C22H28N4O4S/c27-22-21(30-18-8-4-5-9-18)20(16-23-26(22)17-6-2-1-3-7-17)24-12-14-25(15-13-24)31(28,29)19-10-11-19/h1-3,6-7,16,18-19H,4-5,8-15H2. The van der Waals surface area contributed by atoms with Crippen molar-refractivity contribution in [3.8, 4) is 11.4 Å². The zero-order valence-electron chi connectivity index (χ0n) is 17.5. The van der Waals surface area contributed by atoms with E-state index in [1.807, 2.05) is 35.2 Å². The molecular formula is C22H28N4O4S. The topological polar surface area (TPSA) is 84.7 Å². The van der Waals surface area contributed by atoms with Gasteiger partial charge in [-0.3, -0.25) is 4.79 Å². The summed E-state index contributed by atoms with van der Waals surface area (Å²) in [5.41, 5.74) is 1.08. The van der Waals surface area contributed by atoms with Crippen LogP contribution < -0.4 is 15.2 Å². The van der Waals surface area contributed by atoms with Crippen molar-refractivity contribution < 1.29 is 13.2 Å². The molecule has 1 aromatic carbocycles. The van der Waals surface area contributed by atoms with Crippen molar-refractivity contribution in [2.45, 2.75) is 49.9 Å². The number of anilines is 1. The number of nitrogens with zero attached hydrogens (tertiary/aromatic N) is 4. The molecule has 3 fully saturated rings. The first-order valence-electron chi connectivity index (χ1n) is 11.1. The molecular weight excluding hydrogens is 416 g/mol. The number of piperazine rings is 1. The molecule has 0 bridgehead atoms. The van der Waals surface area contributed by atoms with Gasteiger partial charge in [0, 0.05) is 26.2 Å². The molecule has 166 valence electrons. The number of aromatic nitrogens is 2. The van der Waals surface area contributed by atoms with E-state index in [0.717, 1.165) is 38.5 Å². The lowest BCUT2D eigenvalue weighted by molar-refractivity contribution is 0.205. The van der Waals surface area contributed by atoms with Crippen LogP contribution >= 0.6 is 0 Å². The van der Waals surface area contributed by atoms with E-state index >= 15 is 0 Å². The van der Waals surface area contributed by atoms with E-state index in [-0.39, 0.29) is 16.9 Å². The van der Waals surface area contributed by atoms with Crippen LogP contribution in [0, 0.1) is 0 Å². The maximum absolute atomic E-state index is 13.4. The molecule has 2 heterocycles. The summed E-state index contributed by atoms with van der Waals surface area (Å²) in [6.07, 6.45) is 7.36. The number of para-hydroxylation sites is 1. The van der Waals surface area contributed by atoms with Crippen molar-refractivity contribution in [3.05, 3.63) is 46.9 Å². The van der Waals surface area contributed by atoms with Crippen LogP contribution in [0.2, 0.25) is 0 Å². The molecule has 0 atom stereocenters. The second-order valence-corrected chi connectivity index (χ2v) is 10.8. The monoisotopic (exact) mass is 444 g/mol. The van der Waals surface area contributed by atoms with Gasteiger partial charge in [0.25, 0.3) is 0 Å². The first-order valence-corrected chi connectivity index (χ1v) is 12.6. The molecule has 2 saturated carbocycles. The number of sulfonamides is 1. The van der Waals surface area contributed by atoms with Crippen LogP contribution in [0.25, 0.3) is 5.69 Å². The molecule has 31 heavy (non-hydrogen) atoms. The highest BCUT2D eigenvalue weighted by Crippen LogP contribution is 2.33. The van der Waals surface area contributed by atoms with E-state index in [9.17, 15) is 13.2 Å². The summed E-state index contributed by atoms with van der Waals surface area (Å²) in [5, 5.41) is 4.22. The molecule has 0 spiro atoms. The largest absolute Gasteiger partial charge is 0.483 e. The minimum absolute atomic E-state index is 0.0367. The number of rotatable bonds is 6. The molecule has 1 saturated heterocycles. The number of ether oxygens (including phenoxy) is 1. The van der Waals surface area contributed by atoms with Gasteiger partial charge < -0.3 is 9.64 Å². The van der Waals surface area contributed by atoms with Crippen LogP contribution in [-0.4, -0.2) is 60.0 Å². The average molecular weight is 445 g/mol. The van der Waals surface area contributed by atoms with Crippen molar-refractivity contribution in [1.82, 2.24) is 14.1 Å². The summed E-state index contributed by atoms with van der Waals surface area (Å²) in [4.78, 5) is 15.4. The minimum Gasteiger partial charge on any atom is -0.483 e. The Bertz CT molecular complexity index is 1080. The van der Waals surface area contributed by atoms with Gasteiger partial charge in [-0.15, -0.1) is 0 Å². The number of benzene rings is 1. The number of hydrogen-bond acceptors (Lipinski definition) is 6. The predicted molar refractivity (Wildman–Crippen MR) is 118 cm³/mol. The SMILES string of the molecule is O=c1c(OC2CCCC2)c(N2CCN(S(=O)(=O)C3CC3)CC2)cnn1-c1ccccc1. The molecule has 5 rings (SSSR count). The molecule has 1 aromatic heterocycles. The maximum Gasteiger partial charge on any atom is 0.316 e. The highest BCUT2D eigenvalue weighted by Gasteiger charge is 2.41. The van der Waals surface area contributed by atoms with Gasteiger partial charge in [0.2, 0.25) is 15.8 Å². The molecule has 8 nitrogen and oxygen atoms in total. The average Bonchev–Trinajstić information content (AvgIpc) is 3.54. The van der Waals surface area contributed by atoms with Crippen molar-refractivity contribution >= 4 is 15.7 Å². The first-order chi connectivity index (χ1) is 15.0. The van der Waals surface area contributed by atoms with E-state index in [0.29, 0.717) is 43.3 Å². The minimum atomic E-state index is -3.18. The van der Waals surface area contributed by atoms with Gasteiger partial charge in [-0.25, -0.2) is 8.42 Å². The summed E-state index contributed by atoms with van der Waals surface area (Å²) in [6.45, 7) is 1.87. The van der Waals surface area contributed by atoms with Crippen molar-refractivity contribution in [1.29, 1.82) is 0 Å². The summed E-state index contributed by atoms with van der Waals surface area (Å²) in [7, 11) is -3.18. The zero-order chi connectivity index (χ0) is 21.4. The van der Waals surface area contributed by atoms with E-state index < -0.39 is 10.0 Å². The fraction of sp³-hybridized carbons (Fsp3) is 0.545. The van der Waals surface area contributed by atoms with Gasteiger partial charge in [0.15, 0.2) is 0 Å². The molecule has 9 heteroatoms. The van der Waals surface area contributed by atoms with Crippen LogP contribution in [0.15, 0.2) is 41.3 Å².